The first-order valence-electron chi connectivity index (χ1n) is 3.67. The summed E-state index contributed by atoms with van der Waals surface area (Å²) in [6.07, 6.45) is -4.82. The van der Waals surface area contributed by atoms with Crippen LogP contribution < -0.4 is 10.5 Å². The number of aromatic hydroxyl groups is 1. The second-order valence-corrected chi connectivity index (χ2v) is 3.54. The summed E-state index contributed by atoms with van der Waals surface area (Å²) < 4.78 is 39.4. The summed E-state index contributed by atoms with van der Waals surface area (Å²) >= 11 is 1.59. The maximum absolute atomic E-state index is 11.9. The average molecular weight is 334 g/mol. The van der Waals surface area contributed by atoms with Gasteiger partial charge in [0.05, 0.1) is 0 Å². The molecule has 1 heterocycles. The lowest BCUT2D eigenvalue weighted by Gasteiger charge is -2.11. The van der Waals surface area contributed by atoms with Crippen molar-refractivity contribution in [3.63, 3.8) is 0 Å². The maximum Gasteiger partial charge on any atom is 0.574 e. The Morgan fingerprint density at radius 3 is 2.60 bits per heavy atom. The molecule has 1 rings (SSSR count). The monoisotopic (exact) mass is 334 g/mol. The number of pyridine rings is 1. The molecule has 0 radical (unpaired) electrons. The first kappa shape index (κ1) is 12.3. The van der Waals surface area contributed by atoms with E-state index in [2.05, 4.69) is 9.72 Å². The van der Waals surface area contributed by atoms with Gasteiger partial charge in [-0.1, -0.05) is 0 Å². The minimum atomic E-state index is -4.82. The Morgan fingerprint density at radius 1 is 1.53 bits per heavy atom. The molecule has 8 heteroatoms. The Morgan fingerprint density at radius 2 is 2.13 bits per heavy atom. The van der Waals surface area contributed by atoms with E-state index in [4.69, 9.17) is 5.73 Å². The largest absolute Gasteiger partial charge is 0.574 e. The van der Waals surface area contributed by atoms with Crippen LogP contribution in [0.25, 0.3) is 0 Å². The van der Waals surface area contributed by atoms with Crippen LogP contribution in [0.15, 0.2) is 6.07 Å². The fraction of sp³-hybridized carbons (Fsp3) is 0.286. The lowest BCUT2D eigenvalue weighted by molar-refractivity contribution is -0.276. The molecule has 0 atom stereocenters. The lowest BCUT2D eigenvalue weighted by Crippen LogP contribution is -2.20. The van der Waals surface area contributed by atoms with Crippen LogP contribution >= 0.6 is 22.6 Å². The predicted octanol–water partition coefficient (Wildman–Crippen LogP) is 1.75. The van der Waals surface area contributed by atoms with Crippen LogP contribution in [-0.4, -0.2) is 16.5 Å². The molecule has 15 heavy (non-hydrogen) atoms. The van der Waals surface area contributed by atoms with Gasteiger partial charge in [0.1, 0.15) is 9.45 Å². The van der Waals surface area contributed by atoms with Gasteiger partial charge in [0.2, 0.25) is 5.88 Å². The minimum absolute atomic E-state index is 0.00904. The summed E-state index contributed by atoms with van der Waals surface area (Å²) in [6, 6.07) is 1.09. The van der Waals surface area contributed by atoms with Gasteiger partial charge in [-0.2, -0.15) is 0 Å². The van der Waals surface area contributed by atoms with Gasteiger partial charge < -0.3 is 15.6 Å². The molecule has 0 unspecified atom stereocenters. The molecule has 1 aromatic rings. The van der Waals surface area contributed by atoms with E-state index in [0.717, 1.165) is 6.07 Å². The molecule has 0 aliphatic rings. The fourth-order valence-corrected chi connectivity index (χ4v) is 1.22. The zero-order valence-electron chi connectivity index (χ0n) is 7.18. The molecule has 0 amide bonds. The van der Waals surface area contributed by atoms with Gasteiger partial charge >= 0.3 is 6.36 Å². The SMILES string of the molecule is NCc1cc(O)c(I)nc1OC(F)(F)F. The van der Waals surface area contributed by atoms with Gasteiger partial charge in [-0.3, -0.25) is 0 Å². The lowest BCUT2D eigenvalue weighted by atomic mass is 10.2. The highest BCUT2D eigenvalue weighted by molar-refractivity contribution is 14.1. The van der Waals surface area contributed by atoms with Gasteiger partial charge in [0, 0.05) is 12.1 Å². The number of halogens is 4. The van der Waals surface area contributed by atoms with Crippen molar-refractivity contribution >= 4 is 22.6 Å². The van der Waals surface area contributed by atoms with Crippen LogP contribution in [0.5, 0.6) is 11.6 Å². The summed E-state index contributed by atoms with van der Waals surface area (Å²) in [4.78, 5) is 3.44. The molecule has 1 aromatic heterocycles. The quantitative estimate of drug-likeness (QED) is 0.639. The standard InChI is InChI=1S/C7H6F3IN2O2/c8-7(9,10)15-6-3(2-12)1-4(14)5(11)13-6/h1,14H,2,12H2. The Bertz CT molecular complexity index is 370. The smallest absolute Gasteiger partial charge is 0.505 e. The third-order valence-corrected chi connectivity index (χ3v) is 2.22. The van der Waals surface area contributed by atoms with E-state index in [1.54, 1.807) is 22.6 Å². The number of ether oxygens (including phenoxy) is 1. The molecule has 0 bridgehead atoms. The van der Waals surface area contributed by atoms with Crippen LogP contribution in [0, 0.1) is 3.70 Å². The molecule has 84 valence electrons. The zero-order valence-corrected chi connectivity index (χ0v) is 9.33. The van der Waals surface area contributed by atoms with Crippen LogP contribution in [-0.2, 0) is 6.54 Å². The van der Waals surface area contributed by atoms with Crippen LogP contribution in [0.4, 0.5) is 13.2 Å². The van der Waals surface area contributed by atoms with Crippen molar-refractivity contribution in [2.45, 2.75) is 12.9 Å². The number of nitrogens with zero attached hydrogens (tertiary/aromatic N) is 1. The highest BCUT2D eigenvalue weighted by Gasteiger charge is 2.33. The Kier molecular flexibility index (Phi) is 3.60. The van der Waals surface area contributed by atoms with Crippen molar-refractivity contribution in [2.24, 2.45) is 5.73 Å². The third kappa shape index (κ3) is 3.38. The number of aromatic nitrogens is 1. The molecule has 4 nitrogen and oxygen atoms in total. The van der Waals surface area contributed by atoms with Crippen molar-refractivity contribution in [3.05, 3.63) is 15.3 Å². The van der Waals surface area contributed by atoms with E-state index in [1.165, 1.54) is 0 Å². The van der Waals surface area contributed by atoms with Gasteiger partial charge in [-0.05, 0) is 28.7 Å². The number of alkyl halides is 3. The molecule has 0 spiro atoms. The molecule has 0 saturated heterocycles. The van der Waals surface area contributed by atoms with Crippen molar-refractivity contribution in [2.75, 3.05) is 0 Å². The zero-order chi connectivity index (χ0) is 11.6. The van der Waals surface area contributed by atoms with E-state index in [1.807, 2.05) is 0 Å². The molecule has 0 aliphatic heterocycles. The van der Waals surface area contributed by atoms with E-state index in [9.17, 15) is 18.3 Å². The Hall–Kier alpha value is -0.770. The average Bonchev–Trinajstić information content (AvgIpc) is 2.08. The van der Waals surface area contributed by atoms with Crippen molar-refractivity contribution in [3.8, 4) is 11.6 Å². The van der Waals surface area contributed by atoms with Gasteiger partial charge in [0.15, 0.2) is 0 Å². The second-order valence-electron chi connectivity index (χ2n) is 2.51. The second kappa shape index (κ2) is 4.39. The van der Waals surface area contributed by atoms with Crippen LogP contribution in [0.3, 0.4) is 0 Å². The molecule has 0 fully saturated rings. The molecule has 0 aromatic carbocycles. The van der Waals surface area contributed by atoms with Crippen LogP contribution in [0.1, 0.15) is 5.56 Å². The molecule has 3 N–H and O–H groups in total. The number of hydrogen-bond acceptors (Lipinski definition) is 4. The summed E-state index contributed by atoms with van der Waals surface area (Å²) in [5.74, 6) is -0.863. The van der Waals surface area contributed by atoms with E-state index in [0.29, 0.717) is 0 Å². The summed E-state index contributed by atoms with van der Waals surface area (Å²) in [6.45, 7) is -0.205. The van der Waals surface area contributed by atoms with Crippen molar-refractivity contribution in [1.29, 1.82) is 0 Å². The minimum Gasteiger partial charge on any atom is -0.505 e. The summed E-state index contributed by atoms with van der Waals surface area (Å²) in [5, 5.41) is 9.19. The van der Waals surface area contributed by atoms with Crippen molar-refractivity contribution < 1.29 is 23.0 Å². The fourth-order valence-electron chi connectivity index (χ4n) is 0.849. The maximum atomic E-state index is 11.9. The summed E-state index contributed by atoms with van der Waals surface area (Å²) in [7, 11) is 0. The number of hydrogen-bond donors (Lipinski definition) is 2. The van der Waals surface area contributed by atoms with Crippen LogP contribution in [0.2, 0.25) is 0 Å². The Balaban J connectivity index is 3.11. The molecular weight excluding hydrogens is 328 g/mol. The predicted molar refractivity (Wildman–Crippen MR) is 53.2 cm³/mol. The first-order valence-corrected chi connectivity index (χ1v) is 4.75. The summed E-state index contributed by atoms with van der Waals surface area (Å²) in [5.41, 5.74) is 5.18. The topological polar surface area (TPSA) is 68.4 Å². The first-order chi connectivity index (χ1) is 6.83. The third-order valence-electron chi connectivity index (χ3n) is 1.43. The van der Waals surface area contributed by atoms with E-state index < -0.39 is 12.2 Å². The highest BCUT2D eigenvalue weighted by Crippen LogP contribution is 2.29. The number of nitrogens with two attached hydrogens (primary N) is 1. The van der Waals surface area contributed by atoms with Gasteiger partial charge in [-0.15, -0.1) is 13.2 Å². The molecular formula is C7H6F3IN2O2. The van der Waals surface area contributed by atoms with Gasteiger partial charge in [0.25, 0.3) is 0 Å². The molecule has 0 aliphatic carbocycles. The van der Waals surface area contributed by atoms with Crippen molar-refractivity contribution in [1.82, 2.24) is 4.98 Å². The Labute approximate surface area is 96.4 Å². The normalized spacial score (nSPS) is 11.5. The molecule has 0 saturated carbocycles. The van der Waals surface area contributed by atoms with Gasteiger partial charge in [-0.25, -0.2) is 4.98 Å². The highest BCUT2D eigenvalue weighted by atomic mass is 127. The van der Waals surface area contributed by atoms with E-state index >= 15 is 0 Å². The van der Waals surface area contributed by atoms with E-state index in [-0.39, 0.29) is 21.6 Å². The number of rotatable bonds is 2.